The Bertz CT molecular complexity index is 343. The molecule has 1 aromatic rings. The minimum atomic E-state index is 0.590. The van der Waals surface area contributed by atoms with Crippen molar-refractivity contribution in [3.63, 3.8) is 0 Å². The van der Waals surface area contributed by atoms with Gasteiger partial charge in [0.2, 0.25) is 0 Å². The molecule has 86 valence electrons. The van der Waals surface area contributed by atoms with Crippen LogP contribution >= 0.6 is 0 Å². The van der Waals surface area contributed by atoms with Crippen LogP contribution < -0.4 is 5.32 Å². The summed E-state index contributed by atoms with van der Waals surface area (Å²) in [5.41, 5.74) is 1.98. The van der Waals surface area contributed by atoms with E-state index in [1.165, 1.54) is 44.6 Å². The minimum absolute atomic E-state index is 0.590. The van der Waals surface area contributed by atoms with E-state index in [0.717, 1.165) is 6.54 Å². The molecule has 0 bridgehead atoms. The van der Waals surface area contributed by atoms with Gasteiger partial charge in [0, 0.05) is 32.0 Å². The van der Waals surface area contributed by atoms with E-state index in [9.17, 15) is 0 Å². The molecule has 2 aliphatic heterocycles. The van der Waals surface area contributed by atoms with Crippen LogP contribution in [0.1, 0.15) is 18.4 Å². The maximum Gasteiger partial charge on any atom is 0.0271 e. The molecule has 2 fully saturated rings. The first-order chi connectivity index (χ1) is 7.86. The molecule has 1 atom stereocenters. The van der Waals surface area contributed by atoms with Gasteiger partial charge in [-0.15, -0.1) is 0 Å². The minimum Gasteiger partial charge on any atom is -0.316 e. The number of hydrogen-bond donors (Lipinski definition) is 1. The van der Waals surface area contributed by atoms with E-state index in [4.69, 9.17) is 0 Å². The van der Waals surface area contributed by atoms with E-state index in [2.05, 4.69) is 27.3 Å². The number of likely N-dealkylation sites (tertiary alicyclic amines) is 1. The highest BCUT2D eigenvalue weighted by Gasteiger charge is 2.39. The highest BCUT2D eigenvalue weighted by atomic mass is 15.2. The largest absolute Gasteiger partial charge is 0.316 e. The van der Waals surface area contributed by atoms with Crippen LogP contribution in [0, 0.1) is 5.41 Å². The first-order valence-electron chi connectivity index (χ1n) is 6.18. The zero-order valence-corrected chi connectivity index (χ0v) is 9.65. The van der Waals surface area contributed by atoms with Crippen LogP contribution in [-0.4, -0.2) is 36.1 Å². The van der Waals surface area contributed by atoms with Crippen molar-refractivity contribution in [2.24, 2.45) is 5.41 Å². The number of nitrogens with zero attached hydrogens (tertiary/aromatic N) is 2. The van der Waals surface area contributed by atoms with Crippen LogP contribution in [0.2, 0.25) is 0 Å². The molecule has 16 heavy (non-hydrogen) atoms. The van der Waals surface area contributed by atoms with Gasteiger partial charge in [0.15, 0.2) is 0 Å². The van der Waals surface area contributed by atoms with Crippen molar-refractivity contribution < 1.29 is 0 Å². The molecular weight excluding hydrogens is 198 g/mol. The van der Waals surface area contributed by atoms with E-state index in [-0.39, 0.29) is 0 Å². The summed E-state index contributed by atoms with van der Waals surface area (Å²) >= 11 is 0. The Labute approximate surface area is 96.9 Å². The maximum absolute atomic E-state index is 4.06. The van der Waals surface area contributed by atoms with Gasteiger partial charge in [-0.25, -0.2) is 0 Å². The molecule has 1 spiro atoms. The number of hydrogen-bond acceptors (Lipinski definition) is 3. The first kappa shape index (κ1) is 10.2. The summed E-state index contributed by atoms with van der Waals surface area (Å²) in [6.07, 6.45) is 6.50. The van der Waals surface area contributed by atoms with Crippen molar-refractivity contribution in [1.29, 1.82) is 0 Å². The smallest absolute Gasteiger partial charge is 0.0271 e. The number of rotatable bonds is 2. The summed E-state index contributed by atoms with van der Waals surface area (Å²) in [4.78, 5) is 6.65. The van der Waals surface area contributed by atoms with E-state index in [0.29, 0.717) is 5.41 Å². The Morgan fingerprint density at radius 1 is 1.31 bits per heavy atom. The van der Waals surface area contributed by atoms with Gasteiger partial charge >= 0.3 is 0 Å². The van der Waals surface area contributed by atoms with Crippen LogP contribution in [0.25, 0.3) is 0 Å². The third-order valence-electron chi connectivity index (χ3n) is 4.01. The zero-order valence-electron chi connectivity index (χ0n) is 9.65. The van der Waals surface area contributed by atoms with Crippen LogP contribution in [0.3, 0.4) is 0 Å². The second-order valence-corrected chi connectivity index (χ2v) is 5.24. The van der Waals surface area contributed by atoms with Gasteiger partial charge in [0.1, 0.15) is 0 Å². The Kier molecular flexibility index (Phi) is 2.65. The second kappa shape index (κ2) is 4.15. The van der Waals surface area contributed by atoms with Crippen LogP contribution in [0.4, 0.5) is 0 Å². The Balaban J connectivity index is 1.62. The molecule has 2 aliphatic rings. The van der Waals surface area contributed by atoms with Gasteiger partial charge in [0.05, 0.1) is 0 Å². The lowest BCUT2D eigenvalue weighted by atomic mass is 9.87. The van der Waals surface area contributed by atoms with E-state index in [1.807, 2.05) is 12.4 Å². The molecule has 0 aliphatic carbocycles. The second-order valence-electron chi connectivity index (χ2n) is 5.24. The van der Waals surface area contributed by atoms with Gasteiger partial charge in [-0.3, -0.25) is 9.88 Å². The molecule has 3 nitrogen and oxygen atoms in total. The average molecular weight is 217 g/mol. The fraction of sp³-hybridized carbons (Fsp3) is 0.615. The van der Waals surface area contributed by atoms with E-state index < -0.39 is 0 Å². The van der Waals surface area contributed by atoms with Crippen molar-refractivity contribution in [2.45, 2.75) is 19.4 Å². The predicted molar refractivity (Wildman–Crippen MR) is 64.1 cm³/mol. The highest BCUT2D eigenvalue weighted by molar-refractivity contribution is 5.10. The summed E-state index contributed by atoms with van der Waals surface area (Å²) in [5.74, 6) is 0. The van der Waals surface area contributed by atoms with Gasteiger partial charge in [-0.1, -0.05) is 0 Å². The topological polar surface area (TPSA) is 28.2 Å². The number of pyridine rings is 1. The molecule has 2 saturated heterocycles. The van der Waals surface area contributed by atoms with Crippen molar-refractivity contribution in [3.05, 3.63) is 30.1 Å². The van der Waals surface area contributed by atoms with Crippen molar-refractivity contribution in [1.82, 2.24) is 15.2 Å². The molecule has 1 N–H and O–H groups in total. The fourth-order valence-electron chi connectivity index (χ4n) is 3.05. The molecule has 3 heteroatoms. The quantitative estimate of drug-likeness (QED) is 0.808. The summed E-state index contributed by atoms with van der Waals surface area (Å²) in [6, 6.07) is 4.25. The third kappa shape index (κ3) is 1.97. The summed E-state index contributed by atoms with van der Waals surface area (Å²) < 4.78 is 0. The molecule has 0 aromatic carbocycles. The van der Waals surface area contributed by atoms with Crippen molar-refractivity contribution in [2.75, 3.05) is 26.2 Å². The van der Waals surface area contributed by atoms with Crippen molar-refractivity contribution in [3.8, 4) is 0 Å². The third-order valence-corrected chi connectivity index (χ3v) is 4.01. The molecule has 0 amide bonds. The highest BCUT2D eigenvalue weighted by Crippen LogP contribution is 2.36. The normalized spacial score (nSPS) is 30.2. The van der Waals surface area contributed by atoms with E-state index >= 15 is 0 Å². The Morgan fingerprint density at radius 3 is 2.94 bits per heavy atom. The lowest BCUT2D eigenvalue weighted by Crippen LogP contribution is -2.28. The van der Waals surface area contributed by atoms with Crippen molar-refractivity contribution >= 4 is 0 Å². The summed E-state index contributed by atoms with van der Waals surface area (Å²) in [6.45, 7) is 6.04. The molecule has 3 heterocycles. The molecule has 1 unspecified atom stereocenters. The van der Waals surface area contributed by atoms with Gasteiger partial charge in [-0.05, 0) is 49.0 Å². The molecule has 0 saturated carbocycles. The summed E-state index contributed by atoms with van der Waals surface area (Å²) in [5, 5.41) is 3.50. The summed E-state index contributed by atoms with van der Waals surface area (Å²) in [7, 11) is 0. The van der Waals surface area contributed by atoms with Gasteiger partial charge in [-0.2, -0.15) is 0 Å². The molecule has 0 radical (unpaired) electrons. The zero-order chi connectivity index (χ0) is 10.8. The maximum atomic E-state index is 4.06. The van der Waals surface area contributed by atoms with E-state index in [1.54, 1.807) is 0 Å². The first-order valence-corrected chi connectivity index (χ1v) is 6.18. The van der Waals surface area contributed by atoms with Crippen LogP contribution in [0.15, 0.2) is 24.5 Å². The van der Waals surface area contributed by atoms with Crippen LogP contribution in [0.5, 0.6) is 0 Å². The van der Waals surface area contributed by atoms with Crippen LogP contribution in [-0.2, 0) is 6.54 Å². The molecule has 3 rings (SSSR count). The predicted octanol–water partition coefficient (Wildman–Crippen LogP) is 1.27. The lowest BCUT2D eigenvalue weighted by molar-refractivity contribution is 0.268. The molecule has 1 aromatic heterocycles. The van der Waals surface area contributed by atoms with Gasteiger partial charge in [0.25, 0.3) is 0 Å². The monoisotopic (exact) mass is 217 g/mol. The van der Waals surface area contributed by atoms with Gasteiger partial charge < -0.3 is 5.32 Å². The number of aromatic nitrogens is 1. The average Bonchev–Trinajstić information content (AvgIpc) is 2.92. The molecular formula is C13H19N3. The fourth-order valence-corrected chi connectivity index (χ4v) is 3.05. The number of nitrogens with one attached hydrogen (secondary N) is 1. The Hall–Kier alpha value is -0.930. The lowest BCUT2D eigenvalue weighted by Gasteiger charge is -2.22. The Morgan fingerprint density at radius 2 is 2.19 bits per heavy atom. The standard InChI is InChI=1S/C13H19N3/c1-5-14-6-2-12(1)9-16-8-4-13(11-16)3-7-15-10-13/h1-2,5-6,15H,3-4,7-11H2. The SMILES string of the molecule is c1cc(CN2CCC3(CCNC3)C2)ccn1.